The topological polar surface area (TPSA) is 64.6 Å². The third-order valence-electron chi connectivity index (χ3n) is 2.32. The number of rotatable bonds is 7. The molecule has 5 nitrogen and oxygen atoms in total. The molecule has 0 aromatic heterocycles. The van der Waals surface area contributed by atoms with Gasteiger partial charge in [0.1, 0.15) is 19.3 Å². The first kappa shape index (κ1) is 16.1. The number of hydrogen-bond acceptors (Lipinski definition) is 5. The number of alkyl carbamates (subject to hydrolysis) is 1. The molecule has 1 aromatic rings. The van der Waals surface area contributed by atoms with Crippen molar-refractivity contribution in [3.63, 3.8) is 0 Å². The zero-order valence-corrected chi connectivity index (χ0v) is 11.8. The highest BCUT2D eigenvalue weighted by molar-refractivity contribution is 7.80. The number of ether oxygens (including phenoxy) is 2. The van der Waals surface area contributed by atoms with Crippen molar-refractivity contribution in [2.75, 3.05) is 12.4 Å². The molecule has 1 rings (SSSR count). The minimum atomic E-state index is -0.846. The van der Waals surface area contributed by atoms with E-state index in [2.05, 4.69) is 24.5 Å². The maximum absolute atomic E-state index is 11.6. The second-order valence-corrected chi connectivity index (χ2v) is 4.23. The molecule has 108 valence electrons. The summed E-state index contributed by atoms with van der Waals surface area (Å²) in [6.45, 7) is 3.65. The largest absolute Gasteiger partial charge is 0.460 e. The highest BCUT2D eigenvalue weighted by Gasteiger charge is 2.21. The van der Waals surface area contributed by atoms with Crippen LogP contribution in [0.1, 0.15) is 5.56 Å². The zero-order chi connectivity index (χ0) is 14.8. The van der Waals surface area contributed by atoms with E-state index < -0.39 is 18.1 Å². The van der Waals surface area contributed by atoms with Crippen molar-refractivity contribution in [1.29, 1.82) is 0 Å². The van der Waals surface area contributed by atoms with Crippen LogP contribution in [0.5, 0.6) is 0 Å². The Kier molecular flexibility index (Phi) is 7.27. The van der Waals surface area contributed by atoms with Crippen molar-refractivity contribution < 1.29 is 19.1 Å². The Morgan fingerprint density at radius 2 is 2.00 bits per heavy atom. The lowest BCUT2D eigenvalue weighted by Crippen LogP contribution is -2.43. The number of amides is 1. The molecule has 0 heterocycles. The van der Waals surface area contributed by atoms with Gasteiger partial charge in [0.05, 0.1) is 0 Å². The Labute approximate surface area is 123 Å². The van der Waals surface area contributed by atoms with Gasteiger partial charge in [-0.3, -0.25) is 0 Å². The van der Waals surface area contributed by atoms with E-state index in [0.717, 1.165) is 5.56 Å². The molecule has 0 spiro atoms. The number of thiol groups is 1. The first-order chi connectivity index (χ1) is 9.67. The molecule has 0 aliphatic heterocycles. The van der Waals surface area contributed by atoms with Crippen LogP contribution >= 0.6 is 12.6 Å². The van der Waals surface area contributed by atoms with Gasteiger partial charge in [0.15, 0.2) is 0 Å². The zero-order valence-electron chi connectivity index (χ0n) is 11.0. The van der Waals surface area contributed by atoms with Gasteiger partial charge in [-0.2, -0.15) is 12.6 Å². The molecule has 0 saturated heterocycles. The van der Waals surface area contributed by atoms with E-state index in [-0.39, 0.29) is 19.0 Å². The number of carbonyl (C=O) groups excluding carboxylic acids is 2. The fourth-order valence-corrected chi connectivity index (χ4v) is 1.57. The lowest BCUT2D eigenvalue weighted by atomic mass is 10.2. The first-order valence-corrected chi connectivity index (χ1v) is 6.66. The average Bonchev–Trinajstić information content (AvgIpc) is 2.49. The predicted molar refractivity (Wildman–Crippen MR) is 78.6 cm³/mol. The molecule has 0 saturated carbocycles. The van der Waals surface area contributed by atoms with E-state index >= 15 is 0 Å². The lowest BCUT2D eigenvalue weighted by molar-refractivity contribution is -0.144. The van der Waals surface area contributed by atoms with Crippen LogP contribution in [0.25, 0.3) is 0 Å². The Hall–Kier alpha value is -1.95. The molecule has 0 fully saturated rings. The maximum atomic E-state index is 11.6. The van der Waals surface area contributed by atoms with Crippen LogP contribution in [0.2, 0.25) is 0 Å². The number of benzene rings is 1. The molecular weight excluding hydrogens is 278 g/mol. The Balaban J connectivity index is 2.39. The lowest BCUT2D eigenvalue weighted by Gasteiger charge is -2.15. The van der Waals surface area contributed by atoms with Gasteiger partial charge in [-0.1, -0.05) is 43.0 Å². The van der Waals surface area contributed by atoms with Crippen LogP contribution in [0, 0.1) is 0 Å². The van der Waals surface area contributed by atoms with Crippen molar-refractivity contribution in [3.8, 4) is 0 Å². The summed E-state index contributed by atoms with van der Waals surface area (Å²) in [7, 11) is 0. The molecule has 1 aromatic carbocycles. The highest BCUT2D eigenvalue weighted by atomic mass is 32.1. The molecule has 0 radical (unpaired) electrons. The first-order valence-electron chi connectivity index (χ1n) is 6.03. The minimum absolute atomic E-state index is 0.0872. The van der Waals surface area contributed by atoms with Crippen molar-refractivity contribution in [1.82, 2.24) is 5.32 Å². The number of carbonyl (C=O) groups is 2. The van der Waals surface area contributed by atoms with Crippen LogP contribution in [0.15, 0.2) is 43.0 Å². The van der Waals surface area contributed by atoms with Crippen LogP contribution in [-0.4, -0.2) is 30.5 Å². The van der Waals surface area contributed by atoms with E-state index in [1.807, 2.05) is 30.3 Å². The van der Waals surface area contributed by atoms with Gasteiger partial charge in [0, 0.05) is 5.75 Å². The average molecular weight is 295 g/mol. The quantitative estimate of drug-likeness (QED) is 0.458. The fraction of sp³-hybridized carbons (Fsp3) is 0.286. The molecule has 0 aliphatic carbocycles. The van der Waals surface area contributed by atoms with Gasteiger partial charge in [0.2, 0.25) is 0 Å². The summed E-state index contributed by atoms with van der Waals surface area (Å²) in [4.78, 5) is 23.1. The summed E-state index contributed by atoms with van der Waals surface area (Å²) < 4.78 is 9.83. The summed E-state index contributed by atoms with van der Waals surface area (Å²) >= 11 is 3.99. The molecule has 1 N–H and O–H groups in total. The van der Waals surface area contributed by atoms with Gasteiger partial charge in [-0.25, -0.2) is 9.59 Å². The Bertz CT molecular complexity index is 450. The van der Waals surface area contributed by atoms with Gasteiger partial charge >= 0.3 is 12.1 Å². The number of nitrogens with one attached hydrogen (secondary N) is 1. The summed E-state index contributed by atoms with van der Waals surface area (Å²) in [5, 5.41) is 2.40. The molecule has 1 atom stereocenters. The SMILES string of the molecule is C=CCOC(=O)[C@H](CS)NC(=O)OCc1ccccc1. The summed E-state index contributed by atoms with van der Waals surface area (Å²) in [6, 6.07) is 8.39. The molecule has 20 heavy (non-hydrogen) atoms. The van der Waals surface area contributed by atoms with Gasteiger partial charge < -0.3 is 14.8 Å². The summed E-state index contributed by atoms with van der Waals surface area (Å²) in [6.07, 6.45) is 0.754. The molecule has 1 amide bonds. The van der Waals surface area contributed by atoms with Crippen molar-refractivity contribution in [2.45, 2.75) is 12.6 Å². The standard InChI is InChI=1S/C14H17NO4S/c1-2-8-18-13(16)12(10-20)15-14(17)19-9-11-6-4-3-5-7-11/h2-7,12,20H,1,8-10H2,(H,15,17)/t12-/m0/s1. The second-order valence-electron chi connectivity index (χ2n) is 3.86. The van der Waals surface area contributed by atoms with Crippen molar-refractivity contribution in [2.24, 2.45) is 0 Å². The minimum Gasteiger partial charge on any atom is -0.460 e. The summed E-state index contributed by atoms with van der Waals surface area (Å²) in [5.74, 6) is -0.451. The van der Waals surface area contributed by atoms with E-state index in [1.165, 1.54) is 6.08 Å². The third kappa shape index (κ3) is 5.79. The smallest absolute Gasteiger partial charge is 0.408 e. The fourth-order valence-electron chi connectivity index (χ4n) is 1.33. The Morgan fingerprint density at radius 3 is 2.60 bits per heavy atom. The monoisotopic (exact) mass is 295 g/mol. The van der Waals surface area contributed by atoms with Gasteiger partial charge in [-0.05, 0) is 5.56 Å². The van der Waals surface area contributed by atoms with E-state index in [9.17, 15) is 9.59 Å². The maximum Gasteiger partial charge on any atom is 0.408 e. The predicted octanol–water partition coefficient (Wildman–Crippen LogP) is 1.94. The van der Waals surface area contributed by atoms with E-state index in [0.29, 0.717) is 0 Å². The highest BCUT2D eigenvalue weighted by Crippen LogP contribution is 2.01. The van der Waals surface area contributed by atoms with Crippen LogP contribution in [-0.2, 0) is 20.9 Å². The van der Waals surface area contributed by atoms with Gasteiger partial charge in [-0.15, -0.1) is 0 Å². The second kappa shape index (κ2) is 9.03. The molecule has 0 bridgehead atoms. The van der Waals surface area contributed by atoms with Crippen LogP contribution < -0.4 is 5.32 Å². The Morgan fingerprint density at radius 1 is 1.30 bits per heavy atom. The summed E-state index contributed by atoms with van der Waals surface area (Å²) in [5.41, 5.74) is 0.860. The van der Waals surface area contributed by atoms with Crippen LogP contribution in [0.4, 0.5) is 4.79 Å². The molecule has 0 aliphatic rings. The molecular formula is C14H17NO4S. The van der Waals surface area contributed by atoms with Crippen LogP contribution in [0.3, 0.4) is 0 Å². The number of hydrogen-bond donors (Lipinski definition) is 2. The molecule has 0 unspecified atom stereocenters. The third-order valence-corrected chi connectivity index (χ3v) is 2.68. The van der Waals surface area contributed by atoms with E-state index in [4.69, 9.17) is 9.47 Å². The number of esters is 1. The van der Waals surface area contributed by atoms with Crippen molar-refractivity contribution >= 4 is 24.7 Å². The van der Waals surface area contributed by atoms with E-state index in [1.54, 1.807) is 0 Å². The van der Waals surface area contributed by atoms with Crippen molar-refractivity contribution in [3.05, 3.63) is 48.6 Å². The normalized spacial score (nSPS) is 11.2. The molecule has 6 heteroatoms. The van der Waals surface area contributed by atoms with Gasteiger partial charge in [0.25, 0.3) is 0 Å².